The van der Waals surface area contributed by atoms with E-state index in [4.69, 9.17) is 0 Å². The van der Waals surface area contributed by atoms with Gasteiger partial charge < -0.3 is 0 Å². The molecule has 0 nitrogen and oxygen atoms in total. The molecule has 1 unspecified atom stereocenters. The van der Waals surface area contributed by atoms with Gasteiger partial charge in [-0.3, -0.25) is 0 Å². The number of hydrogen-bond donors (Lipinski definition) is 0. The Morgan fingerprint density at radius 3 is 1.00 bits per heavy atom. The Morgan fingerprint density at radius 2 is 1.00 bits per heavy atom. The van der Waals surface area contributed by atoms with Crippen LogP contribution in [-0.4, -0.2) is 112 Å². The summed E-state index contributed by atoms with van der Waals surface area (Å²) in [4.78, 5) is 0. The molecule has 0 aromatic rings. The minimum atomic E-state index is 0. The Bertz CT molecular complexity index is 11.6. The molecular formula is H3CaKMgMnP. The number of rotatable bonds is 0. The second kappa shape index (κ2) is 23.5. The molecule has 5 heteroatoms. The Labute approximate surface area is 135 Å². The van der Waals surface area contributed by atoms with Crippen molar-refractivity contribution in [3.8, 4) is 0 Å². The van der Waals surface area contributed by atoms with Crippen LogP contribution in [0.4, 0.5) is 0 Å². The second-order valence-electron chi connectivity index (χ2n) is 0. The monoisotopic (exact) mass is 192 g/mol. The van der Waals surface area contributed by atoms with Crippen LogP contribution in [0.25, 0.3) is 0 Å². The summed E-state index contributed by atoms with van der Waals surface area (Å²) in [6, 6.07) is 0. The first-order valence-electron chi connectivity index (χ1n) is 0. The van der Waals surface area contributed by atoms with E-state index in [-0.39, 0.29) is 139 Å². The van der Waals surface area contributed by atoms with E-state index >= 15 is 0 Å². The molecule has 0 saturated heterocycles. The maximum atomic E-state index is 0. The largest absolute Gasteiger partial charge is 0.153 e. The smallest absolute Gasteiger partial charge is 0 e. The zero-order chi connectivity index (χ0) is 0. The van der Waals surface area contributed by atoms with E-state index < -0.39 is 0 Å². The average Bonchev–Trinajstić information content (AvgIpc) is 0. The Balaban J connectivity index is 0. The van der Waals surface area contributed by atoms with Crippen LogP contribution >= 0.6 is 9.90 Å². The second-order valence-corrected chi connectivity index (χ2v) is 0. The first-order valence-corrected chi connectivity index (χ1v) is 0. The third kappa shape index (κ3) is 17.7. The van der Waals surface area contributed by atoms with Crippen molar-refractivity contribution in [3.63, 3.8) is 0 Å². The SMILES string of the molecule is P.[Ca].[K].[Mg].[Mn]. The standard InChI is InChI=1S/Ca.K.Mg.Mn.H3P/h;;;;1H3. The molecule has 0 heterocycles. The Kier molecular flexibility index (Phi) is 157. The molecule has 0 aromatic carbocycles. The molecule has 5 heavy (non-hydrogen) atoms. The molecule has 0 aliphatic heterocycles. The number of hydrogen-bond acceptors (Lipinski definition) is 0. The summed E-state index contributed by atoms with van der Waals surface area (Å²) in [5, 5.41) is 0. The van der Waals surface area contributed by atoms with Crippen molar-refractivity contribution in [1.29, 1.82) is 0 Å². The quantitative estimate of drug-likeness (QED) is 0.338. The molecule has 0 aliphatic rings. The maximum Gasteiger partial charge on any atom is 0 e. The summed E-state index contributed by atoms with van der Waals surface area (Å²) >= 11 is 0. The zero-order valence-corrected chi connectivity index (χ0v) is 12.8. The molecule has 6 radical (unpaired) electrons. The first kappa shape index (κ1) is 33.5. The summed E-state index contributed by atoms with van der Waals surface area (Å²) in [5.74, 6) is 0. The molecule has 0 aromatic heterocycles. The molecular weight excluding hydrogens is 189 g/mol. The summed E-state index contributed by atoms with van der Waals surface area (Å²) in [7, 11) is 0. The predicted molar refractivity (Wildman–Crippen MR) is 28.4 cm³/mol. The van der Waals surface area contributed by atoms with E-state index in [0.29, 0.717) is 0 Å². The third-order valence-electron chi connectivity index (χ3n) is 0. The van der Waals surface area contributed by atoms with Gasteiger partial charge in [-0.25, -0.2) is 0 Å². The van der Waals surface area contributed by atoms with Gasteiger partial charge in [0.25, 0.3) is 0 Å². The van der Waals surface area contributed by atoms with E-state index in [1.165, 1.54) is 0 Å². The fourth-order valence-corrected chi connectivity index (χ4v) is 0. The first-order chi connectivity index (χ1) is 0. The van der Waals surface area contributed by atoms with E-state index in [0.717, 1.165) is 0 Å². The molecule has 0 bridgehead atoms. The van der Waals surface area contributed by atoms with Crippen LogP contribution in [0.15, 0.2) is 0 Å². The van der Waals surface area contributed by atoms with E-state index in [2.05, 4.69) is 0 Å². The van der Waals surface area contributed by atoms with Gasteiger partial charge >= 0.3 is 0 Å². The van der Waals surface area contributed by atoms with Crippen LogP contribution in [0.1, 0.15) is 0 Å². The van der Waals surface area contributed by atoms with Crippen molar-refractivity contribution in [2.75, 3.05) is 0 Å². The molecule has 0 spiro atoms. The van der Waals surface area contributed by atoms with Crippen LogP contribution < -0.4 is 0 Å². The van der Waals surface area contributed by atoms with Crippen molar-refractivity contribution in [3.05, 3.63) is 0 Å². The maximum absolute atomic E-state index is 0. The zero-order valence-electron chi connectivity index (χ0n) is 3.50. The summed E-state index contributed by atoms with van der Waals surface area (Å²) < 4.78 is 0. The van der Waals surface area contributed by atoms with Crippen LogP contribution in [-0.2, 0) is 17.1 Å². The molecule has 20 valence electrons. The normalized spacial score (nSPS) is 0. The summed E-state index contributed by atoms with van der Waals surface area (Å²) in [6.07, 6.45) is 0. The minimum Gasteiger partial charge on any atom is -0.153 e. The molecule has 0 fully saturated rings. The van der Waals surface area contributed by atoms with Crippen LogP contribution in [0, 0.1) is 0 Å². The van der Waals surface area contributed by atoms with Gasteiger partial charge in [0.05, 0.1) is 0 Å². The van der Waals surface area contributed by atoms with Crippen molar-refractivity contribution < 1.29 is 17.1 Å². The minimum absolute atomic E-state index is 0. The predicted octanol–water partition coefficient (Wildman–Crippen LogP) is -1.09. The van der Waals surface area contributed by atoms with Crippen molar-refractivity contribution in [1.82, 2.24) is 0 Å². The van der Waals surface area contributed by atoms with Gasteiger partial charge in [-0.2, -0.15) is 9.90 Å². The molecule has 0 amide bonds. The van der Waals surface area contributed by atoms with Gasteiger partial charge in [-0.15, -0.1) is 0 Å². The van der Waals surface area contributed by atoms with Crippen molar-refractivity contribution in [2.24, 2.45) is 0 Å². The Morgan fingerprint density at radius 1 is 1.00 bits per heavy atom. The molecule has 0 rings (SSSR count). The third-order valence-corrected chi connectivity index (χ3v) is 0. The van der Waals surface area contributed by atoms with Gasteiger partial charge in [0.15, 0.2) is 0 Å². The van der Waals surface area contributed by atoms with Crippen LogP contribution in [0.5, 0.6) is 0 Å². The summed E-state index contributed by atoms with van der Waals surface area (Å²) in [6.45, 7) is 0. The van der Waals surface area contributed by atoms with E-state index in [1.54, 1.807) is 0 Å². The molecule has 0 aliphatic carbocycles. The Hall–Kier alpha value is 4.61. The van der Waals surface area contributed by atoms with Crippen LogP contribution in [0.3, 0.4) is 0 Å². The van der Waals surface area contributed by atoms with Crippen molar-refractivity contribution >= 4 is 122 Å². The van der Waals surface area contributed by atoms with Gasteiger partial charge in [-0.1, -0.05) is 0 Å². The molecule has 1 atom stereocenters. The van der Waals surface area contributed by atoms with Gasteiger partial charge in [0.2, 0.25) is 0 Å². The average molecular weight is 192 g/mol. The molecule has 0 N–H and O–H groups in total. The van der Waals surface area contributed by atoms with Gasteiger partial charge in [0, 0.05) is 129 Å². The topological polar surface area (TPSA) is 0 Å². The van der Waals surface area contributed by atoms with E-state index in [9.17, 15) is 0 Å². The fraction of sp³-hybridized carbons (Fsp3) is 0. The van der Waals surface area contributed by atoms with Gasteiger partial charge in [-0.05, 0) is 0 Å². The molecule has 0 saturated carbocycles. The summed E-state index contributed by atoms with van der Waals surface area (Å²) in [5.41, 5.74) is 0. The van der Waals surface area contributed by atoms with Crippen LogP contribution in [0.2, 0.25) is 0 Å². The van der Waals surface area contributed by atoms with E-state index in [1.807, 2.05) is 0 Å². The fourth-order valence-electron chi connectivity index (χ4n) is 0. The van der Waals surface area contributed by atoms with Gasteiger partial charge in [0.1, 0.15) is 0 Å². The van der Waals surface area contributed by atoms with Crippen molar-refractivity contribution in [2.45, 2.75) is 0 Å².